The molecule has 1 aromatic heterocycles. The van der Waals surface area contributed by atoms with Crippen LogP contribution in [0.5, 0.6) is 0 Å². The van der Waals surface area contributed by atoms with Crippen LogP contribution in [0.2, 0.25) is 0 Å². The molecule has 0 aliphatic carbocycles. The van der Waals surface area contributed by atoms with E-state index in [1.807, 2.05) is 37.3 Å². The Morgan fingerprint density at radius 1 is 1.44 bits per heavy atom. The van der Waals surface area contributed by atoms with Gasteiger partial charge < -0.3 is 15.5 Å². The summed E-state index contributed by atoms with van der Waals surface area (Å²) in [7, 11) is 0. The van der Waals surface area contributed by atoms with Crippen molar-refractivity contribution in [3.05, 3.63) is 36.1 Å². The third-order valence-electron chi connectivity index (χ3n) is 2.62. The summed E-state index contributed by atoms with van der Waals surface area (Å²) in [6.45, 7) is 2.25. The lowest BCUT2D eigenvalue weighted by Gasteiger charge is -2.10. The number of halogens is 1. The van der Waals surface area contributed by atoms with Crippen molar-refractivity contribution in [1.29, 1.82) is 0 Å². The summed E-state index contributed by atoms with van der Waals surface area (Å²) in [5, 5.41) is 3.89. The topological polar surface area (TPSA) is 68.3 Å². The SMILES string of the molecule is CC(NC(=O)CCN)c1cc2ccccc2o1.Cl. The lowest BCUT2D eigenvalue weighted by Crippen LogP contribution is -2.28. The average molecular weight is 269 g/mol. The summed E-state index contributed by atoms with van der Waals surface area (Å²) >= 11 is 0. The molecule has 0 spiro atoms. The van der Waals surface area contributed by atoms with Gasteiger partial charge in [0.25, 0.3) is 0 Å². The molecule has 0 aliphatic heterocycles. The molecule has 3 N–H and O–H groups in total. The molecule has 0 fully saturated rings. The molecule has 1 unspecified atom stereocenters. The number of rotatable bonds is 4. The Labute approximate surface area is 112 Å². The maximum Gasteiger partial charge on any atom is 0.221 e. The Morgan fingerprint density at radius 2 is 2.17 bits per heavy atom. The van der Waals surface area contributed by atoms with Gasteiger partial charge in [-0.25, -0.2) is 0 Å². The predicted octanol–water partition coefficient (Wildman–Crippen LogP) is 2.38. The number of nitrogens with two attached hydrogens (primary N) is 1. The van der Waals surface area contributed by atoms with Gasteiger partial charge in [0, 0.05) is 18.4 Å². The summed E-state index contributed by atoms with van der Waals surface area (Å²) in [5.74, 6) is 0.706. The molecule has 0 radical (unpaired) electrons. The number of furan rings is 1. The van der Waals surface area contributed by atoms with Gasteiger partial charge in [0.05, 0.1) is 6.04 Å². The van der Waals surface area contributed by atoms with Crippen LogP contribution in [-0.2, 0) is 4.79 Å². The van der Waals surface area contributed by atoms with Crippen LogP contribution in [0.25, 0.3) is 11.0 Å². The number of carbonyl (C=O) groups excluding carboxylic acids is 1. The highest BCUT2D eigenvalue weighted by Crippen LogP contribution is 2.23. The third-order valence-corrected chi connectivity index (χ3v) is 2.62. The molecule has 0 aliphatic rings. The first-order valence-corrected chi connectivity index (χ1v) is 5.68. The number of hydrogen-bond donors (Lipinski definition) is 2. The maximum absolute atomic E-state index is 11.4. The summed E-state index contributed by atoms with van der Waals surface area (Å²) in [4.78, 5) is 11.4. The van der Waals surface area contributed by atoms with E-state index in [-0.39, 0.29) is 24.4 Å². The second-order valence-electron chi connectivity index (χ2n) is 4.01. The Bertz CT molecular complexity index is 491. The van der Waals surface area contributed by atoms with E-state index in [9.17, 15) is 4.79 Å². The summed E-state index contributed by atoms with van der Waals surface area (Å²) < 4.78 is 5.66. The van der Waals surface area contributed by atoms with E-state index in [2.05, 4.69) is 5.32 Å². The Kier molecular flexibility index (Phi) is 5.19. The fourth-order valence-electron chi connectivity index (χ4n) is 1.73. The van der Waals surface area contributed by atoms with Gasteiger partial charge in [-0.1, -0.05) is 18.2 Å². The minimum Gasteiger partial charge on any atom is -0.459 e. The molecule has 0 saturated carbocycles. The number of nitrogens with one attached hydrogen (secondary N) is 1. The van der Waals surface area contributed by atoms with E-state index in [4.69, 9.17) is 10.2 Å². The van der Waals surface area contributed by atoms with Crippen molar-refractivity contribution in [2.45, 2.75) is 19.4 Å². The molecule has 98 valence electrons. The molecule has 1 aromatic carbocycles. The molecule has 4 nitrogen and oxygen atoms in total. The van der Waals surface area contributed by atoms with Gasteiger partial charge in [0.2, 0.25) is 5.91 Å². The quantitative estimate of drug-likeness (QED) is 0.895. The molecular formula is C13H17ClN2O2. The molecule has 18 heavy (non-hydrogen) atoms. The van der Waals surface area contributed by atoms with Gasteiger partial charge in [0.15, 0.2) is 0 Å². The zero-order valence-electron chi connectivity index (χ0n) is 10.2. The number of amides is 1. The van der Waals surface area contributed by atoms with Gasteiger partial charge in [-0.05, 0) is 19.1 Å². The fourth-order valence-corrected chi connectivity index (χ4v) is 1.73. The van der Waals surface area contributed by atoms with E-state index < -0.39 is 0 Å². The number of carbonyl (C=O) groups is 1. The standard InChI is InChI=1S/C13H16N2O2.ClH/c1-9(15-13(16)6-7-14)12-8-10-4-2-3-5-11(10)17-12;/h2-5,8-9H,6-7,14H2,1H3,(H,15,16);1H. The van der Waals surface area contributed by atoms with Gasteiger partial charge >= 0.3 is 0 Å². The van der Waals surface area contributed by atoms with Crippen LogP contribution in [0.15, 0.2) is 34.7 Å². The van der Waals surface area contributed by atoms with E-state index in [1.54, 1.807) is 0 Å². The lowest BCUT2D eigenvalue weighted by atomic mass is 10.2. The minimum absolute atomic E-state index is 0. The van der Waals surface area contributed by atoms with Crippen molar-refractivity contribution in [3.8, 4) is 0 Å². The highest BCUT2D eigenvalue weighted by Gasteiger charge is 2.13. The third kappa shape index (κ3) is 3.24. The number of para-hydroxylation sites is 1. The van der Waals surface area contributed by atoms with Gasteiger partial charge in [-0.2, -0.15) is 0 Å². The highest BCUT2D eigenvalue weighted by atomic mass is 35.5. The molecule has 5 heteroatoms. The first-order valence-electron chi connectivity index (χ1n) is 5.68. The first-order chi connectivity index (χ1) is 8.20. The molecule has 1 heterocycles. The van der Waals surface area contributed by atoms with Gasteiger partial charge in [0.1, 0.15) is 11.3 Å². The van der Waals surface area contributed by atoms with Gasteiger partial charge in [-0.15, -0.1) is 12.4 Å². The van der Waals surface area contributed by atoms with Crippen molar-refractivity contribution in [2.75, 3.05) is 6.54 Å². The number of hydrogen-bond acceptors (Lipinski definition) is 3. The van der Waals surface area contributed by atoms with Crippen molar-refractivity contribution >= 4 is 29.3 Å². The van der Waals surface area contributed by atoms with Crippen LogP contribution in [0, 0.1) is 0 Å². The van der Waals surface area contributed by atoms with E-state index in [0.717, 1.165) is 16.7 Å². The molecule has 0 bridgehead atoms. The monoisotopic (exact) mass is 268 g/mol. The smallest absolute Gasteiger partial charge is 0.221 e. The molecule has 1 atom stereocenters. The van der Waals surface area contributed by atoms with E-state index in [1.165, 1.54) is 0 Å². The summed E-state index contributed by atoms with van der Waals surface area (Å²) in [6, 6.07) is 9.58. The second kappa shape index (κ2) is 6.42. The minimum atomic E-state index is -0.138. The van der Waals surface area contributed by atoms with Crippen LogP contribution in [0.4, 0.5) is 0 Å². The Balaban J connectivity index is 0.00000162. The average Bonchev–Trinajstić information content (AvgIpc) is 2.72. The molecule has 2 rings (SSSR count). The van der Waals surface area contributed by atoms with Crippen LogP contribution in [0.3, 0.4) is 0 Å². The van der Waals surface area contributed by atoms with Crippen LogP contribution >= 0.6 is 12.4 Å². The predicted molar refractivity (Wildman–Crippen MR) is 73.7 cm³/mol. The maximum atomic E-state index is 11.4. The largest absolute Gasteiger partial charge is 0.459 e. The summed E-state index contributed by atoms with van der Waals surface area (Å²) in [5.41, 5.74) is 6.16. The Hall–Kier alpha value is -1.52. The molecular weight excluding hydrogens is 252 g/mol. The van der Waals surface area contributed by atoms with Gasteiger partial charge in [-0.3, -0.25) is 4.79 Å². The number of fused-ring (bicyclic) bond motifs is 1. The van der Waals surface area contributed by atoms with Crippen molar-refractivity contribution in [3.63, 3.8) is 0 Å². The second-order valence-corrected chi connectivity index (χ2v) is 4.01. The van der Waals surface area contributed by atoms with Crippen molar-refractivity contribution in [1.82, 2.24) is 5.32 Å². The zero-order valence-corrected chi connectivity index (χ0v) is 11.0. The van der Waals surface area contributed by atoms with E-state index >= 15 is 0 Å². The van der Waals surface area contributed by atoms with Crippen LogP contribution < -0.4 is 11.1 Å². The van der Waals surface area contributed by atoms with Crippen LogP contribution in [0.1, 0.15) is 25.1 Å². The normalized spacial score (nSPS) is 11.9. The lowest BCUT2D eigenvalue weighted by molar-refractivity contribution is -0.121. The first kappa shape index (κ1) is 14.5. The van der Waals surface area contributed by atoms with E-state index in [0.29, 0.717) is 13.0 Å². The zero-order chi connectivity index (χ0) is 12.3. The number of benzene rings is 1. The fraction of sp³-hybridized carbons (Fsp3) is 0.308. The molecule has 2 aromatic rings. The van der Waals surface area contributed by atoms with Crippen molar-refractivity contribution < 1.29 is 9.21 Å². The summed E-state index contributed by atoms with van der Waals surface area (Å²) in [6.07, 6.45) is 0.338. The molecule has 0 saturated heterocycles. The van der Waals surface area contributed by atoms with Crippen LogP contribution in [-0.4, -0.2) is 12.5 Å². The highest BCUT2D eigenvalue weighted by molar-refractivity contribution is 5.85. The molecule has 1 amide bonds. The Morgan fingerprint density at radius 3 is 2.83 bits per heavy atom. The van der Waals surface area contributed by atoms with Crippen molar-refractivity contribution in [2.24, 2.45) is 5.73 Å².